The van der Waals surface area contributed by atoms with Crippen molar-refractivity contribution in [2.75, 3.05) is 31.2 Å². The molecule has 0 aliphatic carbocycles. The van der Waals surface area contributed by atoms with Crippen LogP contribution >= 0.6 is 0 Å². The number of aromatic nitrogens is 2. The molecule has 102 valence electrons. The fourth-order valence-corrected chi connectivity index (χ4v) is 2.08. The zero-order valence-corrected chi connectivity index (χ0v) is 11.6. The van der Waals surface area contributed by atoms with Gasteiger partial charge in [0.1, 0.15) is 0 Å². The summed E-state index contributed by atoms with van der Waals surface area (Å²) >= 11 is 0. The van der Waals surface area contributed by atoms with Crippen LogP contribution in [0.3, 0.4) is 0 Å². The third kappa shape index (κ3) is 3.35. The van der Waals surface area contributed by atoms with E-state index in [-0.39, 0.29) is 0 Å². The standard InChI is InChI=1S/C13H15N3O.C2H6/c1-3-12(15-7-9-17-10-8-15)11-13(4-1)16-6-2-5-14-16;1-2/h1-6,11H,7-10H2;1-2H3. The van der Waals surface area contributed by atoms with Crippen LogP contribution < -0.4 is 4.90 Å². The summed E-state index contributed by atoms with van der Waals surface area (Å²) in [4.78, 5) is 2.34. The van der Waals surface area contributed by atoms with Gasteiger partial charge >= 0.3 is 0 Å². The Bertz CT molecular complexity index is 476. The highest BCUT2D eigenvalue weighted by atomic mass is 16.5. The molecule has 2 heterocycles. The Labute approximate surface area is 114 Å². The van der Waals surface area contributed by atoms with Crippen molar-refractivity contribution in [2.24, 2.45) is 0 Å². The average molecular weight is 259 g/mol. The van der Waals surface area contributed by atoms with E-state index in [9.17, 15) is 0 Å². The second kappa shape index (κ2) is 6.95. The largest absolute Gasteiger partial charge is 0.378 e. The molecule has 2 aromatic rings. The lowest BCUT2D eigenvalue weighted by molar-refractivity contribution is 0.122. The van der Waals surface area contributed by atoms with Crippen LogP contribution in [-0.2, 0) is 4.74 Å². The molecule has 0 atom stereocenters. The van der Waals surface area contributed by atoms with E-state index >= 15 is 0 Å². The zero-order valence-electron chi connectivity index (χ0n) is 11.6. The van der Waals surface area contributed by atoms with Gasteiger partial charge in [-0.15, -0.1) is 0 Å². The van der Waals surface area contributed by atoms with E-state index in [1.807, 2.05) is 30.8 Å². The molecular weight excluding hydrogens is 238 g/mol. The van der Waals surface area contributed by atoms with E-state index in [0.29, 0.717) is 0 Å². The number of ether oxygens (including phenoxy) is 1. The summed E-state index contributed by atoms with van der Waals surface area (Å²) < 4.78 is 7.24. The van der Waals surface area contributed by atoms with E-state index in [2.05, 4.69) is 34.3 Å². The molecule has 1 aromatic heterocycles. The second-order valence-electron chi connectivity index (χ2n) is 4.07. The zero-order chi connectivity index (χ0) is 13.5. The molecule has 1 aliphatic rings. The molecular formula is C15H21N3O. The van der Waals surface area contributed by atoms with Crippen LogP contribution in [0, 0.1) is 0 Å². The molecule has 0 radical (unpaired) electrons. The average Bonchev–Trinajstić information content (AvgIpc) is 3.05. The highest BCUT2D eigenvalue weighted by Gasteiger charge is 2.11. The van der Waals surface area contributed by atoms with Gasteiger partial charge in [0.2, 0.25) is 0 Å². The van der Waals surface area contributed by atoms with Gasteiger partial charge < -0.3 is 9.64 Å². The van der Waals surface area contributed by atoms with E-state index in [1.54, 1.807) is 6.20 Å². The summed E-state index contributed by atoms with van der Waals surface area (Å²) in [5.74, 6) is 0. The van der Waals surface area contributed by atoms with Crippen LogP contribution in [0.2, 0.25) is 0 Å². The number of hydrogen-bond acceptors (Lipinski definition) is 3. The van der Waals surface area contributed by atoms with Gasteiger partial charge in [-0.3, -0.25) is 0 Å². The lowest BCUT2D eigenvalue weighted by atomic mass is 10.2. The molecule has 1 aliphatic heterocycles. The monoisotopic (exact) mass is 259 g/mol. The molecule has 3 rings (SSSR count). The summed E-state index contributed by atoms with van der Waals surface area (Å²) in [6, 6.07) is 10.4. The van der Waals surface area contributed by atoms with Crippen LogP contribution in [0.4, 0.5) is 5.69 Å². The molecule has 4 heteroatoms. The Morgan fingerprint density at radius 2 is 1.79 bits per heavy atom. The molecule has 0 saturated carbocycles. The molecule has 0 unspecified atom stereocenters. The Morgan fingerprint density at radius 1 is 1.05 bits per heavy atom. The number of hydrogen-bond donors (Lipinski definition) is 0. The van der Waals surface area contributed by atoms with Gasteiger partial charge in [-0.25, -0.2) is 4.68 Å². The number of nitrogens with zero attached hydrogens (tertiary/aromatic N) is 3. The van der Waals surface area contributed by atoms with Gasteiger partial charge in [-0.2, -0.15) is 5.10 Å². The lowest BCUT2D eigenvalue weighted by Crippen LogP contribution is -2.36. The van der Waals surface area contributed by atoms with Crippen molar-refractivity contribution in [1.82, 2.24) is 9.78 Å². The maximum Gasteiger partial charge on any atom is 0.0666 e. The highest BCUT2D eigenvalue weighted by Crippen LogP contribution is 2.19. The van der Waals surface area contributed by atoms with Crippen LogP contribution in [-0.4, -0.2) is 36.1 Å². The third-order valence-corrected chi connectivity index (χ3v) is 2.97. The maximum atomic E-state index is 5.36. The van der Waals surface area contributed by atoms with Crippen molar-refractivity contribution in [3.63, 3.8) is 0 Å². The Balaban J connectivity index is 0.000000637. The van der Waals surface area contributed by atoms with Crippen molar-refractivity contribution in [1.29, 1.82) is 0 Å². The molecule has 0 N–H and O–H groups in total. The minimum absolute atomic E-state index is 0.812. The van der Waals surface area contributed by atoms with Gasteiger partial charge in [-0.05, 0) is 24.3 Å². The van der Waals surface area contributed by atoms with Gasteiger partial charge in [0.05, 0.1) is 18.9 Å². The maximum absolute atomic E-state index is 5.36. The van der Waals surface area contributed by atoms with E-state index in [0.717, 1.165) is 32.0 Å². The molecule has 0 bridgehead atoms. The first-order valence-corrected chi connectivity index (χ1v) is 6.86. The van der Waals surface area contributed by atoms with Crippen LogP contribution in [0.15, 0.2) is 42.7 Å². The summed E-state index contributed by atoms with van der Waals surface area (Å²) in [6.07, 6.45) is 3.75. The second-order valence-corrected chi connectivity index (χ2v) is 4.07. The van der Waals surface area contributed by atoms with E-state index < -0.39 is 0 Å². The Hall–Kier alpha value is -1.81. The predicted molar refractivity (Wildman–Crippen MR) is 77.9 cm³/mol. The number of anilines is 1. The summed E-state index contributed by atoms with van der Waals surface area (Å²) in [6.45, 7) is 7.54. The highest BCUT2D eigenvalue weighted by molar-refractivity contribution is 5.53. The fraction of sp³-hybridized carbons (Fsp3) is 0.400. The predicted octanol–water partition coefficient (Wildman–Crippen LogP) is 2.74. The SMILES string of the molecule is CC.c1cc(N2CCOCC2)cc(-n2cccn2)c1. The molecule has 0 spiro atoms. The smallest absolute Gasteiger partial charge is 0.0666 e. The molecule has 1 fully saturated rings. The minimum Gasteiger partial charge on any atom is -0.378 e. The van der Waals surface area contributed by atoms with Crippen LogP contribution in [0.1, 0.15) is 13.8 Å². The van der Waals surface area contributed by atoms with Crippen LogP contribution in [0.5, 0.6) is 0 Å². The first-order valence-electron chi connectivity index (χ1n) is 6.86. The molecule has 4 nitrogen and oxygen atoms in total. The Kier molecular flexibility index (Phi) is 4.98. The Morgan fingerprint density at radius 3 is 2.47 bits per heavy atom. The van der Waals surface area contributed by atoms with Crippen LogP contribution in [0.25, 0.3) is 5.69 Å². The minimum atomic E-state index is 0.812. The summed E-state index contributed by atoms with van der Waals surface area (Å²) in [5.41, 5.74) is 2.33. The quantitative estimate of drug-likeness (QED) is 0.830. The van der Waals surface area contributed by atoms with Crippen molar-refractivity contribution in [2.45, 2.75) is 13.8 Å². The normalized spacial score (nSPS) is 14.7. The third-order valence-electron chi connectivity index (χ3n) is 2.97. The van der Waals surface area contributed by atoms with Gasteiger partial charge in [0.25, 0.3) is 0 Å². The molecule has 1 saturated heterocycles. The lowest BCUT2D eigenvalue weighted by Gasteiger charge is -2.29. The number of benzene rings is 1. The van der Waals surface area contributed by atoms with Crippen molar-refractivity contribution in [3.8, 4) is 5.69 Å². The molecule has 0 amide bonds. The van der Waals surface area contributed by atoms with E-state index in [1.165, 1.54) is 5.69 Å². The van der Waals surface area contributed by atoms with Gasteiger partial charge in [-0.1, -0.05) is 19.9 Å². The fourth-order valence-electron chi connectivity index (χ4n) is 2.08. The van der Waals surface area contributed by atoms with Gasteiger partial charge in [0, 0.05) is 31.2 Å². The van der Waals surface area contributed by atoms with Crippen molar-refractivity contribution in [3.05, 3.63) is 42.7 Å². The summed E-state index contributed by atoms with van der Waals surface area (Å²) in [5, 5.41) is 4.25. The van der Waals surface area contributed by atoms with E-state index in [4.69, 9.17) is 4.74 Å². The van der Waals surface area contributed by atoms with Gasteiger partial charge in [0.15, 0.2) is 0 Å². The topological polar surface area (TPSA) is 30.3 Å². The number of rotatable bonds is 2. The van der Waals surface area contributed by atoms with Crippen molar-refractivity contribution < 1.29 is 4.74 Å². The first kappa shape index (κ1) is 13.6. The summed E-state index contributed by atoms with van der Waals surface area (Å²) in [7, 11) is 0. The molecule has 1 aromatic carbocycles. The number of morpholine rings is 1. The van der Waals surface area contributed by atoms with Crippen molar-refractivity contribution >= 4 is 5.69 Å². The molecule has 19 heavy (non-hydrogen) atoms. The first-order chi connectivity index (χ1) is 9.43.